The first-order chi connectivity index (χ1) is 13.2. The Hall–Kier alpha value is -2.61. The average Bonchev–Trinajstić information content (AvgIpc) is 3.44. The Morgan fingerprint density at radius 2 is 2.11 bits per heavy atom. The summed E-state index contributed by atoms with van der Waals surface area (Å²) in [6, 6.07) is 14.4. The van der Waals surface area contributed by atoms with Gasteiger partial charge in [0.15, 0.2) is 0 Å². The third kappa shape index (κ3) is 4.21. The van der Waals surface area contributed by atoms with E-state index in [4.69, 9.17) is 4.74 Å². The highest BCUT2D eigenvalue weighted by molar-refractivity contribution is 8.00. The summed E-state index contributed by atoms with van der Waals surface area (Å²) in [6.07, 6.45) is 2.20. The quantitative estimate of drug-likeness (QED) is 0.476. The van der Waals surface area contributed by atoms with Crippen LogP contribution in [0.15, 0.2) is 47.6 Å². The second kappa shape index (κ2) is 7.96. The molecule has 4 rings (SSSR count). The smallest absolute Gasteiger partial charge is 0.233 e. The summed E-state index contributed by atoms with van der Waals surface area (Å²) >= 11 is 1.38. The van der Waals surface area contributed by atoms with Crippen LogP contribution in [0.2, 0.25) is 0 Å². The molecule has 0 bridgehead atoms. The van der Waals surface area contributed by atoms with E-state index in [1.165, 1.54) is 11.8 Å². The predicted octanol–water partition coefficient (Wildman–Crippen LogP) is 2.84. The van der Waals surface area contributed by atoms with Gasteiger partial charge in [0, 0.05) is 5.39 Å². The van der Waals surface area contributed by atoms with Crippen molar-refractivity contribution < 1.29 is 9.53 Å². The highest BCUT2D eigenvalue weighted by atomic mass is 32.2. The fourth-order valence-corrected chi connectivity index (χ4v) is 3.71. The van der Waals surface area contributed by atoms with Crippen LogP contribution in [0, 0.1) is 0 Å². The van der Waals surface area contributed by atoms with Crippen LogP contribution in [0.5, 0.6) is 5.75 Å². The van der Waals surface area contributed by atoms with Crippen LogP contribution < -0.4 is 10.1 Å². The number of nitrogens with zero attached hydrogens (tertiary/aromatic N) is 4. The Kier molecular flexibility index (Phi) is 5.24. The molecule has 7 nitrogen and oxygen atoms in total. The maximum atomic E-state index is 12.3. The maximum Gasteiger partial charge on any atom is 0.233 e. The number of amides is 1. The van der Waals surface area contributed by atoms with E-state index in [9.17, 15) is 4.79 Å². The molecule has 1 aromatic heterocycles. The molecule has 1 heterocycles. The topological polar surface area (TPSA) is 81.9 Å². The number of carbonyl (C=O) groups is 1. The van der Waals surface area contributed by atoms with Gasteiger partial charge in [0.25, 0.3) is 0 Å². The average molecular weight is 383 g/mol. The summed E-state index contributed by atoms with van der Waals surface area (Å²) in [5.74, 6) is 0.778. The van der Waals surface area contributed by atoms with Crippen molar-refractivity contribution in [2.75, 3.05) is 13.2 Å². The van der Waals surface area contributed by atoms with Crippen molar-refractivity contribution in [3.8, 4) is 5.75 Å². The fourth-order valence-electron chi connectivity index (χ4n) is 2.82. The zero-order chi connectivity index (χ0) is 18.6. The van der Waals surface area contributed by atoms with E-state index in [0.717, 1.165) is 29.4 Å². The van der Waals surface area contributed by atoms with Gasteiger partial charge in [-0.25, -0.2) is 4.68 Å². The lowest BCUT2D eigenvalue weighted by molar-refractivity contribution is -0.120. The van der Waals surface area contributed by atoms with Crippen molar-refractivity contribution in [1.29, 1.82) is 0 Å². The number of rotatable bonds is 8. The molecular weight excluding hydrogens is 362 g/mol. The van der Waals surface area contributed by atoms with Gasteiger partial charge in [0.05, 0.1) is 17.8 Å². The number of nitrogens with one attached hydrogen (secondary N) is 1. The number of carbonyl (C=O) groups excluding carboxylic acids is 1. The number of tetrazole rings is 1. The summed E-state index contributed by atoms with van der Waals surface area (Å²) < 4.78 is 7.67. The molecular formula is C19H21N5O2S. The molecule has 8 heteroatoms. The Bertz CT molecular complexity index is 935. The molecule has 140 valence electrons. The van der Waals surface area contributed by atoms with Gasteiger partial charge in [-0.05, 0) is 41.6 Å². The van der Waals surface area contributed by atoms with Crippen molar-refractivity contribution in [3.05, 3.63) is 42.5 Å². The van der Waals surface area contributed by atoms with Gasteiger partial charge in [0.2, 0.25) is 11.1 Å². The van der Waals surface area contributed by atoms with Crippen LogP contribution in [0.3, 0.4) is 0 Å². The molecule has 0 radical (unpaired) electrons. The molecule has 1 atom stereocenters. The van der Waals surface area contributed by atoms with Gasteiger partial charge in [-0.2, -0.15) is 0 Å². The zero-order valence-corrected chi connectivity index (χ0v) is 15.9. The molecule has 3 aromatic rings. The van der Waals surface area contributed by atoms with E-state index >= 15 is 0 Å². The van der Waals surface area contributed by atoms with Crippen molar-refractivity contribution in [2.45, 2.75) is 36.2 Å². The first-order valence-corrected chi connectivity index (χ1v) is 9.93. The molecule has 1 saturated carbocycles. The van der Waals surface area contributed by atoms with Crippen molar-refractivity contribution >= 4 is 28.4 Å². The SMILES string of the molecule is CC(Sc1nnnn1C1CC1)C(=O)NCCOc1cccc2ccccc12. The van der Waals surface area contributed by atoms with Crippen LogP contribution in [-0.2, 0) is 4.79 Å². The number of hydrogen-bond acceptors (Lipinski definition) is 6. The minimum Gasteiger partial charge on any atom is -0.491 e. The van der Waals surface area contributed by atoms with E-state index < -0.39 is 0 Å². The van der Waals surface area contributed by atoms with Gasteiger partial charge in [-0.3, -0.25) is 4.79 Å². The number of thioether (sulfide) groups is 1. The normalized spacial score (nSPS) is 14.9. The Morgan fingerprint density at radius 3 is 2.96 bits per heavy atom. The molecule has 1 fully saturated rings. The number of fused-ring (bicyclic) bond motifs is 1. The summed E-state index contributed by atoms with van der Waals surface area (Å²) in [7, 11) is 0. The molecule has 1 unspecified atom stereocenters. The van der Waals surface area contributed by atoms with Gasteiger partial charge in [0.1, 0.15) is 12.4 Å². The number of aromatic nitrogens is 4. The second-order valence-corrected chi connectivity index (χ2v) is 7.82. The van der Waals surface area contributed by atoms with E-state index in [-0.39, 0.29) is 11.2 Å². The van der Waals surface area contributed by atoms with Crippen LogP contribution >= 0.6 is 11.8 Å². The Balaban J connectivity index is 1.26. The lowest BCUT2D eigenvalue weighted by Crippen LogP contribution is -2.34. The largest absolute Gasteiger partial charge is 0.491 e. The minimum absolute atomic E-state index is 0.0492. The number of ether oxygens (including phenoxy) is 1. The lowest BCUT2D eigenvalue weighted by Gasteiger charge is -2.13. The van der Waals surface area contributed by atoms with Gasteiger partial charge >= 0.3 is 0 Å². The lowest BCUT2D eigenvalue weighted by atomic mass is 10.1. The number of benzene rings is 2. The third-order valence-electron chi connectivity index (χ3n) is 4.42. The molecule has 1 aliphatic carbocycles. The Morgan fingerprint density at radius 1 is 1.30 bits per heavy atom. The van der Waals surface area contributed by atoms with Crippen molar-refractivity contribution in [1.82, 2.24) is 25.5 Å². The molecule has 2 aromatic carbocycles. The van der Waals surface area contributed by atoms with E-state index in [1.54, 1.807) is 0 Å². The second-order valence-electron chi connectivity index (χ2n) is 6.51. The first kappa shape index (κ1) is 17.8. The number of hydrogen-bond donors (Lipinski definition) is 1. The molecule has 27 heavy (non-hydrogen) atoms. The summed E-state index contributed by atoms with van der Waals surface area (Å²) in [4.78, 5) is 12.3. The molecule has 1 aliphatic rings. The highest BCUT2D eigenvalue weighted by Gasteiger charge is 2.29. The van der Waals surface area contributed by atoms with Gasteiger partial charge in [-0.1, -0.05) is 48.2 Å². The molecule has 1 amide bonds. The van der Waals surface area contributed by atoms with Crippen molar-refractivity contribution in [2.24, 2.45) is 0 Å². The molecule has 1 N–H and O–H groups in total. The third-order valence-corrected chi connectivity index (χ3v) is 5.46. The predicted molar refractivity (Wildman–Crippen MR) is 104 cm³/mol. The van der Waals surface area contributed by atoms with Crippen LogP contribution in [0.25, 0.3) is 10.8 Å². The monoisotopic (exact) mass is 383 g/mol. The van der Waals surface area contributed by atoms with E-state index in [1.807, 2.05) is 41.9 Å². The minimum atomic E-state index is -0.272. The molecule has 0 spiro atoms. The van der Waals surface area contributed by atoms with Gasteiger partial charge in [-0.15, -0.1) is 5.10 Å². The summed E-state index contributed by atoms with van der Waals surface area (Å²) in [5, 5.41) is 17.3. The van der Waals surface area contributed by atoms with Crippen LogP contribution in [0.1, 0.15) is 25.8 Å². The van der Waals surface area contributed by atoms with Crippen LogP contribution in [0.4, 0.5) is 0 Å². The maximum absolute atomic E-state index is 12.3. The standard InChI is InChI=1S/C19H21N5O2S/c1-13(27-19-21-22-23-24(19)15-9-10-15)18(25)20-11-12-26-17-8-4-6-14-5-2-3-7-16(14)17/h2-8,13,15H,9-12H2,1H3,(H,20,25). The summed E-state index contributed by atoms with van der Waals surface area (Å²) in [6.45, 7) is 2.72. The fraction of sp³-hybridized carbons (Fsp3) is 0.368. The summed E-state index contributed by atoms with van der Waals surface area (Å²) in [5.41, 5.74) is 0. The zero-order valence-electron chi connectivity index (χ0n) is 15.0. The van der Waals surface area contributed by atoms with E-state index in [0.29, 0.717) is 24.3 Å². The highest BCUT2D eigenvalue weighted by Crippen LogP contribution is 2.37. The molecule has 0 aliphatic heterocycles. The van der Waals surface area contributed by atoms with Crippen LogP contribution in [-0.4, -0.2) is 44.5 Å². The molecule has 0 saturated heterocycles. The van der Waals surface area contributed by atoms with Gasteiger partial charge < -0.3 is 10.1 Å². The van der Waals surface area contributed by atoms with Crippen molar-refractivity contribution in [3.63, 3.8) is 0 Å². The Labute approximate surface area is 161 Å². The van der Waals surface area contributed by atoms with E-state index in [2.05, 4.69) is 33.0 Å². The first-order valence-electron chi connectivity index (χ1n) is 9.05.